The van der Waals surface area contributed by atoms with Crippen LogP contribution >= 0.6 is 0 Å². The third kappa shape index (κ3) is 2.90. The molecule has 1 spiro atoms. The van der Waals surface area contributed by atoms with Crippen molar-refractivity contribution in [3.8, 4) is 22.9 Å². The van der Waals surface area contributed by atoms with Gasteiger partial charge in [-0.3, -0.25) is 0 Å². The maximum Gasteiger partial charge on any atom is 0.221 e. The van der Waals surface area contributed by atoms with Crippen LogP contribution in [0.5, 0.6) is 5.75 Å². The maximum atomic E-state index is 9.29. The normalized spacial score (nSPS) is 32.9. The Balaban J connectivity index is 1.44. The highest BCUT2D eigenvalue weighted by Crippen LogP contribution is 2.55. The molecule has 32 heavy (non-hydrogen) atoms. The van der Waals surface area contributed by atoms with Crippen LogP contribution in [-0.2, 0) is 15.3 Å². The predicted octanol–water partition coefficient (Wildman–Crippen LogP) is 3.68. The molecule has 2 N–H and O–H groups in total. The summed E-state index contributed by atoms with van der Waals surface area (Å²) in [5.74, 6) is 1.13. The molecule has 1 aliphatic carbocycles. The van der Waals surface area contributed by atoms with Crippen molar-refractivity contribution < 1.29 is 14.3 Å². The molecule has 2 bridgehead atoms. The summed E-state index contributed by atoms with van der Waals surface area (Å²) in [5.41, 5.74) is 8.66. The minimum absolute atomic E-state index is 0.0198. The molecule has 7 heteroatoms. The lowest BCUT2D eigenvalue weighted by molar-refractivity contribution is -0.217. The fourth-order valence-corrected chi connectivity index (χ4v) is 5.70. The van der Waals surface area contributed by atoms with E-state index in [0.29, 0.717) is 24.0 Å². The second-order valence-corrected chi connectivity index (χ2v) is 9.43. The zero-order valence-corrected chi connectivity index (χ0v) is 18.1. The van der Waals surface area contributed by atoms with E-state index in [-0.39, 0.29) is 11.5 Å². The average molecular weight is 431 g/mol. The molecule has 2 saturated heterocycles. The smallest absolute Gasteiger partial charge is 0.221 e. The van der Waals surface area contributed by atoms with Gasteiger partial charge in [0.15, 0.2) is 0 Å². The first-order valence-corrected chi connectivity index (χ1v) is 11.2. The number of benzene rings is 2. The number of ether oxygens (including phenoxy) is 2. The molecular formula is C25H26N4O3. The van der Waals surface area contributed by atoms with Crippen LogP contribution in [-0.4, -0.2) is 36.9 Å². The van der Waals surface area contributed by atoms with E-state index in [9.17, 15) is 5.26 Å². The SMILES string of the molecule is CN1OC2(C[C@H](C34CCC(CC3)OC4)Oc3ccc(-c4cccc(C#N)c4)cc32)N=C1N. The Morgan fingerprint density at radius 3 is 2.66 bits per heavy atom. The third-order valence-electron chi connectivity index (χ3n) is 7.58. The molecule has 4 heterocycles. The van der Waals surface area contributed by atoms with Gasteiger partial charge in [0.2, 0.25) is 11.7 Å². The van der Waals surface area contributed by atoms with Crippen molar-refractivity contribution in [1.29, 1.82) is 5.26 Å². The molecular weight excluding hydrogens is 404 g/mol. The van der Waals surface area contributed by atoms with Gasteiger partial charge in [-0.2, -0.15) is 5.26 Å². The Kier molecular flexibility index (Phi) is 4.26. The zero-order valence-electron chi connectivity index (χ0n) is 18.1. The van der Waals surface area contributed by atoms with Gasteiger partial charge in [0.25, 0.3) is 0 Å². The van der Waals surface area contributed by atoms with Gasteiger partial charge in [-0.1, -0.05) is 18.2 Å². The van der Waals surface area contributed by atoms with E-state index in [1.165, 1.54) is 0 Å². The Morgan fingerprint density at radius 2 is 1.97 bits per heavy atom. The number of nitrogens with zero attached hydrogens (tertiary/aromatic N) is 3. The van der Waals surface area contributed by atoms with Gasteiger partial charge < -0.3 is 15.2 Å². The lowest BCUT2D eigenvalue weighted by atomic mass is 9.65. The summed E-state index contributed by atoms with van der Waals surface area (Å²) in [6.07, 6.45) is 5.29. The van der Waals surface area contributed by atoms with E-state index < -0.39 is 5.72 Å². The van der Waals surface area contributed by atoms with Gasteiger partial charge in [0.1, 0.15) is 11.9 Å². The number of aliphatic imine (C=N–C) groups is 1. The van der Waals surface area contributed by atoms with E-state index in [4.69, 9.17) is 25.0 Å². The standard InChI is InChI=1S/C25H26N4O3/c1-29-23(27)28-25(32-29)13-22(24-9-7-19(8-10-24)30-15-24)31-21-6-5-18(12-20(21)25)17-4-2-3-16(11-17)14-26/h2-6,11-12,19,22H,7-10,13,15H2,1H3,(H2,27,28)/t19?,22-,24?,25?/m1/s1. The van der Waals surface area contributed by atoms with Crippen molar-refractivity contribution in [3.63, 3.8) is 0 Å². The number of hydrogen-bond acceptors (Lipinski definition) is 7. The Hall–Kier alpha value is -3.08. The van der Waals surface area contributed by atoms with E-state index in [1.54, 1.807) is 18.2 Å². The van der Waals surface area contributed by atoms with Crippen LogP contribution in [0.1, 0.15) is 43.2 Å². The molecule has 1 unspecified atom stereocenters. The fourth-order valence-electron chi connectivity index (χ4n) is 5.70. The fraction of sp³-hybridized carbons (Fsp3) is 0.440. The molecule has 2 aromatic rings. The minimum Gasteiger partial charge on any atom is -0.489 e. The third-order valence-corrected chi connectivity index (χ3v) is 7.58. The van der Waals surface area contributed by atoms with Crippen molar-refractivity contribution in [2.75, 3.05) is 13.7 Å². The first-order chi connectivity index (χ1) is 15.5. The molecule has 7 nitrogen and oxygen atoms in total. The number of hydroxylamine groups is 2. The van der Waals surface area contributed by atoms with Gasteiger partial charge >= 0.3 is 0 Å². The zero-order chi connectivity index (χ0) is 21.9. The number of rotatable bonds is 2. The van der Waals surface area contributed by atoms with Crippen molar-refractivity contribution in [3.05, 3.63) is 53.6 Å². The molecule has 5 aliphatic rings. The summed E-state index contributed by atoms with van der Waals surface area (Å²) < 4.78 is 12.7. The molecule has 0 radical (unpaired) electrons. The summed E-state index contributed by atoms with van der Waals surface area (Å²) in [6, 6.07) is 15.9. The Labute approximate surface area is 187 Å². The summed E-state index contributed by atoms with van der Waals surface area (Å²) in [4.78, 5) is 11.1. The van der Waals surface area contributed by atoms with E-state index in [2.05, 4.69) is 12.1 Å². The van der Waals surface area contributed by atoms with Crippen LogP contribution in [0.2, 0.25) is 0 Å². The molecule has 0 amide bonds. The van der Waals surface area contributed by atoms with Crippen molar-refractivity contribution >= 4 is 5.96 Å². The second kappa shape index (κ2) is 6.96. The van der Waals surface area contributed by atoms with Crippen LogP contribution in [0.3, 0.4) is 0 Å². The summed E-state index contributed by atoms with van der Waals surface area (Å²) in [5, 5.41) is 10.8. The molecule has 164 valence electrons. The first kappa shape index (κ1) is 19.6. The number of nitrogens with two attached hydrogens (primary N) is 1. The number of hydrogen-bond donors (Lipinski definition) is 1. The van der Waals surface area contributed by atoms with Crippen molar-refractivity contribution in [1.82, 2.24) is 5.06 Å². The van der Waals surface area contributed by atoms with Gasteiger partial charge in [-0.15, -0.1) is 0 Å². The summed E-state index contributed by atoms with van der Waals surface area (Å²) in [6.45, 7) is 0.724. The van der Waals surface area contributed by atoms with Crippen molar-refractivity contribution in [2.24, 2.45) is 16.1 Å². The van der Waals surface area contributed by atoms with E-state index >= 15 is 0 Å². The highest BCUT2D eigenvalue weighted by atomic mass is 16.7. The predicted molar refractivity (Wildman–Crippen MR) is 118 cm³/mol. The van der Waals surface area contributed by atoms with E-state index in [1.807, 2.05) is 30.3 Å². The molecule has 4 aliphatic heterocycles. The van der Waals surface area contributed by atoms with Gasteiger partial charge in [-0.05, 0) is 61.1 Å². The maximum absolute atomic E-state index is 9.29. The minimum atomic E-state index is -0.928. The topological polar surface area (TPSA) is 93.1 Å². The van der Waals surface area contributed by atoms with Crippen LogP contribution < -0.4 is 10.5 Å². The van der Waals surface area contributed by atoms with Gasteiger partial charge in [-0.25, -0.2) is 14.9 Å². The first-order valence-electron chi connectivity index (χ1n) is 11.2. The Bertz CT molecular complexity index is 1130. The monoisotopic (exact) mass is 430 g/mol. The number of fused-ring (bicyclic) bond motifs is 5. The highest BCUT2D eigenvalue weighted by Gasteiger charge is 2.56. The number of nitriles is 1. The number of guanidine groups is 1. The highest BCUT2D eigenvalue weighted by molar-refractivity contribution is 5.79. The molecule has 2 aromatic carbocycles. The van der Waals surface area contributed by atoms with Crippen LogP contribution in [0, 0.1) is 16.7 Å². The van der Waals surface area contributed by atoms with Crippen molar-refractivity contribution in [2.45, 2.75) is 50.0 Å². The lowest BCUT2D eigenvalue weighted by Crippen LogP contribution is -2.55. The van der Waals surface area contributed by atoms with Crippen LogP contribution in [0.15, 0.2) is 47.5 Å². The van der Waals surface area contributed by atoms with Crippen LogP contribution in [0.25, 0.3) is 11.1 Å². The molecule has 2 atom stereocenters. The average Bonchev–Trinajstić information content (AvgIpc) is 3.13. The molecule has 1 saturated carbocycles. The molecule has 3 fully saturated rings. The summed E-state index contributed by atoms with van der Waals surface area (Å²) in [7, 11) is 1.78. The molecule has 7 rings (SSSR count). The molecule has 0 aromatic heterocycles. The van der Waals surface area contributed by atoms with Crippen LogP contribution in [0.4, 0.5) is 0 Å². The largest absolute Gasteiger partial charge is 0.489 e. The Morgan fingerprint density at radius 1 is 1.16 bits per heavy atom. The quantitative estimate of drug-likeness (QED) is 0.781. The lowest BCUT2D eigenvalue weighted by Gasteiger charge is -2.52. The summed E-state index contributed by atoms with van der Waals surface area (Å²) >= 11 is 0. The van der Waals surface area contributed by atoms with Gasteiger partial charge in [0.05, 0.1) is 29.9 Å². The van der Waals surface area contributed by atoms with E-state index in [0.717, 1.165) is 54.7 Å². The van der Waals surface area contributed by atoms with Gasteiger partial charge in [0, 0.05) is 18.9 Å². The second-order valence-electron chi connectivity index (χ2n) is 9.43.